The summed E-state index contributed by atoms with van der Waals surface area (Å²) in [7, 11) is -3.52. The maximum absolute atomic E-state index is 6.36. The van der Waals surface area contributed by atoms with Gasteiger partial charge in [-0.15, -0.1) is 0 Å². The van der Waals surface area contributed by atoms with Crippen LogP contribution in [0.3, 0.4) is 0 Å². The van der Waals surface area contributed by atoms with Gasteiger partial charge in [-0.3, -0.25) is 0 Å². The Hall–Kier alpha value is 0.314. The highest BCUT2D eigenvalue weighted by Crippen LogP contribution is 2.22. The minimum Gasteiger partial charge on any atom is -0.454 e. The zero-order chi connectivity index (χ0) is 12.3. The lowest BCUT2D eigenvalue weighted by Crippen LogP contribution is -2.67. The number of hydrogen-bond acceptors (Lipinski definition) is 3. The maximum atomic E-state index is 6.36. The molecule has 0 bridgehead atoms. The van der Waals surface area contributed by atoms with Crippen molar-refractivity contribution >= 4 is 16.6 Å². The highest BCUT2D eigenvalue weighted by molar-refractivity contribution is 6.86. The van der Waals surface area contributed by atoms with Gasteiger partial charge in [0.2, 0.25) is 8.32 Å². The van der Waals surface area contributed by atoms with E-state index in [1.165, 1.54) is 0 Å². The molecule has 2 atom stereocenters. The van der Waals surface area contributed by atoms with Crippen LogP contribution in [0, 0.1) is 0 Å². The van der Waals surface area contributed by atoms with Crippen LogP contribution in [0.15, 0.2) is 0 Å². The summed E-state index contributed by atoms with van der Waals surface area (Å²) in [6.45, 7) is 13.1. The van der Waals surface area contributed by atoms with Gasteiger partial charge < -0.3 is 15.6 Å². The SMILES string of the molecule is CCC(N)[Si](C)(O[Si](C)(C)C)C(N)CC. The van der Waals surface area contributed by atoms with E-state index in [0.717, 1.165) is 12.8 Å². The minimum absolute atomic E-state index is 0.152. The van der Waals surface area contributed by atoms with Gasteiger partial charge in [0, 0.05) is 11.3 Å². The molecule has 4 N–H and O–H groups in total. The summed E-state index contributed by atoms with van der Waals surface area (Å²) in [4.78, 5) is 0. The summed E-state index contributed by atoms with van der Waals surface area (Å²) < 4.78 is 6.36. The molecule has 0 saturated heterocycles. The van der Waals surface area contributed by atoms with E-state index >= 15 is 0 Å². The van der Waals surface area contributed by atoms with E-state index in [9.17, 15) is 0 Å². The lowest BCUT2D eigenvalue weighted by Gasteiger charge is -2.42. The Morgan fingerprint density at radius 2 is 1.27 bits per heavy atom. The van der Waals surface area contributed by atoms with Crippen LogP contribution in [0.25, 0.3) is 0 Å². The molecule has 0 heterocycles. The normalized spacial score (nSPS) is 20.8. The van der Waals surface area contributed by atoms with Crippen LogP contribution in [0.4, 0.5) is 0 Å². The smallest absolute Gasteiger partial charge is 0.210 e. The monoisotopic (exact) mass is 248 g/mol. The summed E-state index contributed by atoms with van der Waals surface area (Å²) in [6, 6.07) is 0. The van der Waals surface area contributed by atoms with E-state index in [-0.39, 0.29) is 11.3 Å². The second-order valence-corrected chi connectivity index (χ2v) is 14.3. The van der Waals surface area contributed by atoms with Gasteiger partial charge >= 0.3 is 0 Å². The molecular formula is C10H28N2OSi2. The van der Waals surface area contributed by atoms with Gasteiger partial charge in [0.25, 0.3) is 0 Å². The van der Waals surface area contributed by atoms with Gasteiger partial charge in [-0.2, -0.15) is 0 Å². The second-order valence-electron chi connectivity index (χ2n) is 5.43. The van der Waals surface area contributed by atoms with Crippen molar-refractivity contribution in [3.63, 3.8) is 0 Å². The molecule has 5 heteroatoms. The van der Waals surface area contributed by atoms with E-state index in [1.54, 1.807) is 0 Å². The van der Waals surface area contributed by atoms with E-state index < -0.39 is 16.6 Å². The van der Waals surface area contributed by atoms with Crippen molar-refractivity contribution in [2.24, 2.45) is 11.5 Å². The molecule has 0 aromatic rings. The van der Waals surface area contributed by atoms with E-state index in [0.29, 0.717) is 0 Å². The molecule has 2 unspecified atom stereocenters. The lowest BCUT2D eigenvalue weighted by molar-refractivity contribution is 0.483. The maximum Gasteiger partial charge on any atom is 0.210 e. The van der Waals surface area contributed by atoms with Crippen molar-refractivity contribution in [3.8, 4) is 0 Å². The molecule has 0 radical (unpaired) electrons. The fraction of sp³-hybridized carbons (Fsp3) is 1.00. The fourth-order valence-electron chi connectivity index (χ4n) is 1.90. The predicted molar refractivity (Wildman–Crippen MR) is 72.6 cm³/mol. The minimum atomic E-state index is -1.97. The third-order valence-electron chi connectivity index (χ3n) is 2.88. The summed E-state index contributed by atoms with van der Waals surface area (Å²) >= 11 is 0. The molecule has 15 heavy (non-hydrogen) atoms. The summed E-state index contributed by atoms with van der Waals surface area (Å²) in [5, 5.41) is 0. The third-order valence-corrected chi connectivity index (χ3v) is 10.8. The largest absolute Gasteiger partial charge is 0.454 e. The topological polar surface area (TPSA) is 61.3 Å². The quantitative estimate of drug-likeness (QED) is 0.707. The first-order valence-electron chi connectivity index (χ1n) is 5.88. The fourth-order valence-corrected chi connectivity index (χ4v) is 10.6. The molecule has 0 amide bonds. The van der Waals surface area contributed by atoms with Crippen molar-refractivity contribution in [2.45, 2.75) is 64.2 Å². The van der Waals surface area contributed by atoms with Gasteiger partial charge in [0.05, 0.1) is 0 Å². The Balaban J connectivity index is 4.86. The summed E-state index contributed by atoms with van der Waals surface area (Å²) in [5.41, 5.74) is 12.7. The Bertz CT molecular complexity index is 184. The lowest BCUT2D eigenvalue weighted by atomic mass is 10.5. The van der Waals surface area contributed by atoms with Crippen LogP contribution in [0.2, 0.25) is 26.2 Å². The Morgan fingerprint density at radius 3 is 1.47 bits per heavy atom. The zero-order valence-corrected chi connectivity index (χ0v) is 13.1. The Labute approximate surface area is 96.8 Å². The molecular weight excluding hydrogens is 220 g/mol. The number of rotatable bonds is 6. The van der Waals surface area contributed by atoms with Gasteiger partial charge in [0.1, 0.15) is 0 Å². The molecule has 0 aromatic carbocycles. The van der Waals surface area contributed by atoms with Crippen LogP contribution < -0.4 is 11.5 Å². The van der Waals surface area contributed by atoms with E-state index in [2.05, 4.69) is 40.0 Å². The standard InChI is InChI=1S/C10H28N2OSi2/c1-7-9(11)15(6,10(12)8-2)13-14(3,4)5/h9-10H,7-8,11-12H2,1-6H3. The Kier molecular flexibility index (Phi) is 5.70. The zero-order valence-electron chi connectivity index (χ0n) is 11.1. The average Bonchev–Trinajstić information content (AvgIpc) is 2.12. The van der Waals surface area contributed by atoms with E-state index in [4.69, 9.17) is 15.6 Å². The highest BCUT2D eigenvalue weighted by Gasteiger charge is 2.43. The van der Waals surface area contributed by atoms with Crippen LogP contribution in [-0.2, 0) is 4.12 Å². The van der Waals surface area contributed by atoms with Gasteiger partial charge in [-0.1, -0.05) is 13.8 Å². The number of nitrogens with two attached hydrogens (primary N) is 2. The molecule has 0 rings (SSSR count). The predicted octanol–water partition coefficient (Wildman–Crippen LogP) is 1.97. The molecule has 0 saturated carbocycles. The van der Waals surface area contributed by atoms with Gasteiger partial charge in [-0.05, 0) is 39.0 Å². The van der Waals surface area contributed by atoms with Crippen molar-refractivity contribution in [1.82, 2.24) is 0 Å². The molecule has 0 spiro atoms. The molecule has 0 aliphatic rings. The van der Waals surface area contributed by atoms with Gasteiger partial charge in [0.15, 0.2) is 8.32 Å². The highest BCUT2D eigenvalue weighted by atomic mass is 28.4. The van der Waals surface area contributed by atoms with Crippen LogP contribution in [0.5, 0.6) is 0 Å². The van der Waals surface area contributed by atoms with Crippen molar-refractivity contribution in [3.05, 3.63) is 0 Å². The number of hydrogen-bond donors (Lipinski definition) is 2. The molecule has 92 valence electrons. The van der Waals surface area contributed by atoms with Crippen molar-refractivity contribution in [1.29, 1.82) is 0 Å². The molecule has 0 aromatic heterocycles. The summed E-state index contributed by atoms with van der Waals surface area (Å²) in [5.74, 6) is 0. The first-order chi connectivity index (χ1) is 6.67. The molecule has 0 aliphatic carbocycles. The van der Waals surface area contributed by atoms with E-state index in [1.807, 2.05) is 0 Å². The second kappa shape index (κ2) is 5.59. The first-order valence-corrected chi connectivity index (χ1v) is 11.9. The summed E-state index contributed by atoms with van der Waals surface area (Å²) in [6.07, 6.45) is 1.92. The van der Waals surface area contributed by atoms with Crippen LogP contribution >= 0.6 is 0 Å². The molecule has 3 nitrogen and oxygen atoms in total. The van der Waals surface area contributed by atoms with Crippen molar-refractivity contribution in [2.75, 3.05) is 0 Å². The van der Waals surface area contributed by atoms with Crippen molar-refractivity contribution < 1.29 is 4.12 Å². The van der Waals surface area contributed by atoms with Crippen LogP contribution in [-0.4, -0.2) is 28.0 Å². The van der Waals surface area contributed by atoms with Crippen LogP contribution in [0.1, 0.15) is 26.7 Å². The average molecular weight is 249 g/mol. The third kappa shape index (κ3) is 4.36. The van der Waals surface area contributed by atoms with Gasteiger partial charge in [-0.25, -0.2) is 0 Å². The molecule has 0 aliphatic heterocycles. The Morgan fingerprint density at radius 1 is 0.933 bits per heavy atom. The molecule has 0 fully saturated rings. The first kappa shape index (κ1) is 15.3.